The molecule has 0 aliphatic carbocycles. The molecule has 2 heterocycles. The summed E-state index contributed by atoms with van der Waals surface area (Å²) in [5.41, 5.74) is 2.82. The summed E-state index contributed by atoms with van der Waals surface area (Å²) in [5, 5.41) is 0. The second-order valence-electron chi connectivity index (χ2n) is 6.46. The zero-order valence-electron chi connectivity index (χ0n) is 13.3. The first-order valence-corrected chi connectivity index (χ1v) is 8.55. The minimum Gasteiger partial charge on any atom is -0.299 e. The lowest BCUT2D eigenvalue weighted by atomic mass is 9.90. The molecule has 1 fully saturated rings. The summed E-state index contributed by atoms with van der Waals surface area (Å²) in [6.45, 7) is 3.54. The van der Waals surface area contributed by atoms with Gasteiger partial charge < -0.3 is 0 Å². The van der Waals surface area contributed by atoms with Crippen molar-refractivity contribution in [2.45, 2.75) is 38.6 Å². The van der Waals surface area contributed by atoms with Crippen LogP contribution in [0.3, 0.4) is 0 Å². The lowest BCUT2D eigenvalue weighted by Crippen LogP contribution is -2.33. The Morgan fingerprint density at radius 1 is 0.955 bits per heavy atom. The van der Waals surface area contributed by atoms with Crippen molar-refractivity contribution in [3.63, 3.8) is 0 Å². The summed E-state index contributed by atoms with van der Waals surface area (Å²) in [6, 6.07) is 15.1. The fraction of sp³-hybridized carbons (Fsp3) is 0.450. The fourth-order valence-corrected chi connectivity index (χ4v) is 3.42. The number of rotatable bonds is 6. The molecule has 116 valence electrons. The van der Waals surface area contributed by atoms with Crippen LogP contribution >= 0.6 is 0 Å². The van der Waals surface area contributed by atoms with Crippen molar-refractivity contribution < 1.29 is 0 Å². The number of hydrogen-bond acceptors (Lipinski definition) is 2. The quantitative estimate of drug-likeness (QED) is 0.789. The van der Waals surface area contributed by atoms with Crippen molar-refractivity contribution in [1.82, 2.24) is 9.88 Å². The van der Waals surface area contributed by atoms with E-state index in [4.69, 9.17) is 0 Å². The van der Waals surface area contributed by atoms with Crippen LogP contribution in [0.4, 0.5) is 0 Å². The Hall–Kier alpha value is -1.67. The predicted octanol–water partition coefficient (Wildman–Crippen LogP) is 4.32. The van der Waals surface area contributed by atoms with Crippen molar-refractivity contribution in [1.29, 1.82) is 0 Å². The molecule has 1 aromatic carbocycles. The largest absolute Gasteiger partial charge is 0.299 e. The number of benzene rings is 1. The fourth-order valence-electron chi connectivity index (χ4n) is 3.42. The van der Waals surface area contributed by atoms with E-state index in [1.807, 2.05) is 18.5 Å². The van der Waals surface area contributed by atoms with Crippen LogP contribution in [0.1, 0.15) is 36.8 Å². The molecule has 22 heavy (non-hydrogen) atoms. The van der Waals surface area contributed by atoms with Gasteiger partial charge in [0.25, 0.3) is 0 Å². The van der Waals surface area contributed by atoms with Gasteiger partial charge in [0.1, 0.15) is 0 Å². The van der Waals surface area contributed by atoms with Gasteiger partial charge in [-0.2, -0.15) is 0 Å². The SMILES string of the molecule is c1ccc(CCCC2CCN(Cc3cccnc3)CC2)cc1. The highest BCUT2D eigenvalue weighted by molar-refractivity contribution is 5.14. The molecule has 1 aromatic heterocycles. The zero-order valence-corrected chi connectivity index (χ0v) is 13.3. The van der Waals surface area contributed by atoms with Gasteiger partial charge in [0.15, 0.2) is 0 Å². The maximum atomic E-state index is 4.21. The average Bonchev–Trinajstić information content (AvgIpc) is 2.58. The first kappa shape index (κ1) is 15.2. The van der Waals surface area contributed by atoms with Gasteiger partial charge in [0.2, 0.25) is 0 Å². The zero-order chi connectivity index (χ0) is 15.0. The van der Waals surface area contributed by atoms with E-state index in [-0.39, 0.29) is 0 Å². The molecular formula is C20H26N2. The molecule has 2 aromatic rings. The van der Waals surface area contributed by atoms with E-state index in [2.05, 4.69) is 46.3 Å². The van der Waals surface area contributed by atoms with Gasteiger partial charge in [0, 0.05) is 18.9 Å². The van der Waals surface area contributed by atoms with Crippen molar-refractivity contribution in [3.05, 3.63) is 66.0 Å². The van der Waals surface area contributed by atoms with Crippen molar-refractivity contribution in [2.24, 2.45) is 5.92 Å². The van der Waals surface area contributed by atoms with E-state index in [0.29, 0.717) is 0 Å². The molecule has 2 nitrogen and oxygen atoms in total. The van der Waals surface area contributed by atoms with Crippen molar-refractivity contribution >= 4 is 0 Å². The van der Waals surface area contributed by atoms with Crippen LogP contribution in [-0.2, 0) is 13.0 Å². The molecule has 0 bridgehead atoms. The van der Waals surface area contributed by atoms with Crippen molar-refractivity contribution in [2.75, 3.05) is 13.1 Å². The van der Waals surface area contributed by atoms with E-state index >= 15 is 0 Å². The summed E-state index contributed by atoms with van der Waals surface area (Å²) < 4.78 is 0. The Labute approximate surface area is 134 Å². The second kappa shape index (κ2) is 8.09. The number of aromatic nitrogens is 1. The van der Waals surface area contributed by atoms with Gasteiger partial charge in [-0.05, 0) is 61.9 Å². The Kier molecular flexibility index (Phi) is 5.60. The molecule has 0 saturated carbocycles. The van der Waals surface area contributed by atoms with Gasteiger partial charge in [-0.1, -0.05) is 42.8 Å². The van der Waals surface area contributed by atoms with Crippen molar-refractivity contribution in [3.8, 4) is 0 Å². The van der Waals surface area contributed by atoms with Crippen LogP contribution in [0, 0.1) is 5.92 Å². The molecule has 0 radical (unpaired) electrons. The number of nitrogens with zero attached hydrogens (tertiary/aromatic N) is 2. The van der Waals surface area contributed by atoms with Crippen LogP contribution in [0.2, 0.25) is 0 Å². The molecule has 0 spiro atoms. The summed E-state index contributed by atoms with van der Waals surface area (Å²) >= 11 is 0. The maximum Gasteiger partial charge on any atom is 0.0312 e. The Morgan fingerprint density at radius 3 is 2.45 bits per heavy atom. The third-order valence-electron chi connectivity index (χ3n) is 4.76. The normalized spacial score (nSPS) is 16.7. The molecule has 1 aliphatic heterocycles. The molecule has 0 unspecified atom stereocenters. The second-order valence-corrected chi connectivity index (χ2v) is 6.46. The molecule has 0 N–H and O–H groups in total. The maximum absolute atomic E-state index is 4.21. The highest BCUT2D eigenvalue weighted by Crippen LogP contribution is 2.23. The average molecular weight is 294 g/mol. The number of piperidine rings is 1. The Bertz CT molecular complexity index is 530. The van der Waals surface area contributed by atoms with Gasteiger partial charge in [-0.25, -0.2) is 0 Å². The van der Waals surface area contributed by atoms with Crippen LogP contribution in [0.5, 0.6) is 0 Å². The molecule has 2 heteroatoms. The number of hydrogen-bond donors (Lipinski definition) is 0. The van der Waals surface area contributed by atoms with Crippen LogP contribution < -0.4 is 0 Å². The monoisotopic (exact) mass is 294 g/mol. The molecule has 0 amide bonds. The number of pyridine rings is 1. The molecule has 3 rings (SSSR count). The van der Waals surface area contributed by atoms with Gasteiger partial charge >= 0.3 is 0 Å². The molecule has 1 saturated heterocycles. The number of aryl methyl sites for hydroxylation is 1. The van der Waals surface area contributed by atoms with Crippen LogP contribution in [-0.4, -0.2) is 23.0 Å². The first-order chi connectivity index (χ1) is 10.9. The first-order valence-electron chi connectivity index (χ1n) is 8.55. The minimum atomic E-state index is 0.925. The lowest BCUT2D eigenvalue weighted by Gasteiger charge is -2.32. The van der Waals surface area contributed by atoms with Gasteiger partial charge in [-0.3, -0.25) is 9.88 Å². The molecule has 1 aliphatic rings. The van der Waals surface area contributed by atoms with Gasteiger partial charge in [0.05, 0.1) is 0 Å². The predicted molar refractivity (Wildman–Crippen MR) is 91.6 cm³/mol. The Balaban J connectivity index is 1.35. The number of likely N-dealkylation sites (tertiary alicyclic amines) is 1. The van der Waals surface area contributed by atoms with E-state index in [9.17, 15) is 0 Å². The van der Waals surface area contributed by atoms with Crippen LogP contribution in [0.25, 0.3) is 0 Å². The summed E-state index contributed by atoms with van der Waals surface area (Å²) in [7, 11) is 0. The highest BCUT2D eigenvalue weighted by atomic mass is 15.1. The Morgan fingerprint density at radius 2 is 1.73 bits per heavy atom. The van der Waals surface area contributed by atoms with E-state index in [1.165, 1.54) is 56.3 Å². The standard InChI is InChI=1S/C20H26N2/c1-2-6-18(7-3-1)8-4-9-19-11-14-22(15-12-19)17-20-10-5-13-21-16-20/h1-3,5-7,10,13,16,19H,4,8-9,11-12,14-15,17H2. The van der Waals surface area contributed by atoms with E-state index in [1.54, 1.807) is 0 Å². The highest BCUT2D eigenvalue weighted by Gasteiger charge is 2.18. The van der Waals surface area contributed by atoms with E-state index in [0.717, 1.165) is 12.5 Å². The van der Waals surface area contributed by atoms with E-state index < -0.39 is 0 Å². The lowest BCUT2D eigenvalue weighted by molar-refractivity contribution is 0.171. The topological polar surface area (TPSA) is 16.1 Å². The third kappa shape index (κ3) is 4.67. The molecular weight excluding hydrogens is 268 g/mol. The van der Waals surface area contributed by atoms with Crippen LogP contribution in [0.15, 0.2) is 54.9 Å². The smallest absolute Gasteiger partial charge is 0.0312 e. The van der Waals surface area contributed by atoms with Gasteiger partial charge in [-0.15, -0.1) is 0 Å². The summed E-state index contributed by atoms with van der Waals surface area (Å²) in [5.74, 6) is 0.925. The third-order valence-corrected chi connectivity index (χ3v) is 4.76. The summed E-state index contributed by atoms with van der Waals surface area (Å²) in [4.78, 5) is 6.78. The minimum absolute atomic E-state index is 0.925. The summed E-state index contributed by atoms with van der Waals surface area (Å²) in [6.07, 6.45) is 10.5. The molecule has 0 atom stereocenters.